The van der Waals surface area contributed by atoms with E-state index in [0.29, 0.717) is 0 Å². The van der Waals surface area contributed by atoms with Crippen molar-refractivity contribution in [3.63, 3.8) is 0 Å². The lowest BCUT2D eigenvalue weighted by Gasteiger charge is -1.27. The number of hydrogen-bond acceptors (Lipinski definition) is 1. The van der Waals surface area contributed by atoms with Crippen LogP contribution >= 0.6 is 41.6 Å². The standard InChI is InChI=1S/2BrH.FH2PS/c;;1-2-3/h2*1H;2H2. The molecule has 0 aliphatic rings. The molecule has 1 unspecified atom stereocenters. The van der Waals surface area contributed by atoms with Crippen LogP contribution in [0.5, 0.6) is 0 Å². The summed E-state index contributed by atoms with van der Waals surface area (Å²) >= 11 is 3.81. The minimum absolute atomic E-state index is 0. The van der Waals surface area contributed by atoms with E-state index >= 15 is 0 Å². The number of halogens is 3. The Kier molecular flexibility index (Phi) is 56.7. The molecule has 0 radical (unpaired) electrons. The fourth-order valence-electron chi connectivity index (χ4n) is 0. The Bertz CT molecular complexity index is 17.1. The van der Waals surface area contributed by atoms with Crippen molar-refractivity contribution in [3.05, 3.63) is 0 Å². The van der Waals surface area contributed by atoms with E-state index < -0.39 is 7.67 Å². The van der Waals surface area contributed by atoms with Gasteiger partial charge in [0.2, 0.25) is 0 Å². The van der Waals surface area contributed by atoms with E-state index in [1.165, 1.54) is 0 Å². The van der Waals surface area contributed by atoms with E-state index in [4.69, 9.17) is 0 Å². The quantitative estimate of drug-likeness (QED) is 0.588. The van der Waals surface area contributed by atoms with Gasteiger partial charge in [0.15, 0.2) is 0 Å². The van der Waals surface area contributed by atoms with Crippen molar-refractivity contribution in [2.24, 2.45) is 0 Å². The van der Waals surface area contributed by atoms with Crippen molar-refractivity contribution < 1.29 is 4.20 Å². The molecule has 0 nitrogen and oxygen atoms in total. The second kappa shape index (κ2) is 17.7. The van der Waals surface area contributed by atoms with E-state index in [-0.39, 0.29) is 34.0 Å². The zero-order valence-electron chi connectivity index (χ0n) is 2.18. The fraction of sp³-hybridized carbons (Fsp3) is 0. The average Bonchev–Trinajstić information content (AvgIpc) is 0.918. The number of rotatable bonds is 0. The predicted molar refractivity (Wildman–Crippen MR) is 38.8 cm³/mol. The Morgan fingerprint density at radius 1 is 1.40 bits per heavy atom. The van der Waals surface area contributed by atoms with E-state index in [1.807, 2.05) is 0 Å². The number of hydrogen-bond donors (Lipinski definition) is 0. The summed E-state index contributed by atoms with van der Waals surface area (Å²) in [6.45, 7) is 0. The maximum absolute atomic E-state index is 10.2. The minimum Gasteiger partial charge on any atom is -0.224 e. The molecule has 36 valence electrons. The molecule has 0 aliphatic carbocycles. The molecule has 0 N–H and O–H groups in total. The highest BCUT2D eigenvalue weighted by molar-refractivity contribution is 8.93. The first-order chi connectivity index (χ1) is 1.41. The largest absolute Gasteiger partial charge is 0.224 e. The minimum atomic E-state index is -1.17. The molecule has 5 heavy (non-hydrogen) atoms. The van der Waals surface area contributed by atoms with Gasteiger partial charge in [0, 0.05) is 0 Å². The normalized spacial score (nSPS) is 5.80. The van der Waals surface area contributed by atoms with Crippen molar-refractivity contribution in [1.29, 1.82) is 0 Å². The van der Waals surface area contributed by atoms with Crippen LogP contribution in [0, 0.1) is 0 Å². The molecule has 0 aromatic heterocycles. The zero-order chi connectivity index (χ0) is 2.71. The molecule has 0 spiro atoms. The average molecular weight is 246 g/mol. The Morgan fingerprint density at radius 3 is 1.40 bits per heavy atom. The van der Waals surface area contributed by atoms with Crippen LogP contribution < -0.4 is 0 Å². The molecule has 0 heterocycles. The highest BCUT2D eigenvalue weighted by Gasteiger charge is 1.19. The highest BCUT2D eigenvalue weighted by atomic mass is 79.9. The van der Waals surface area contributed by atoms with Crippen molar-refractivity contribution in [3.8, 4) is 0 Å². The molecule has 0 aliphatic heterocycles. The molecule has 5 heteroatoms. The summed E-state index contributed by atoms with van der Waals surface area (Å²) in [6, 6.07) is 0. The predicted octanol–water partition coefficient (Wildman–Crippen LogP) is 1.90. The van der Waals surface area contributed by atoms with E-state index in [0.717, 1.165) is 0 Å². The highest BCUT2D eigenvalue weighted by Crippen LogP contribution is 1.84. The van der Waals surface area contributed by atoms with Crippen LogP contribution in [0.4, 0.5) is 4.20 Å². The Hall–Kier alpha value is 1.54. The smallest absolute Gasteiger partial charge is 0.0917 e. The molecule has 0 rings (SSSR count). The molecule has 0 bridgehead atoms. The van der Waals surface area contributed by atoms with Crippen molar-refractivity contribution >= 4 is 53.4 Å². The third-order valence-corrected chi connectivity index (χ3v) is 0. The van der Waals surface area contributed by atoms with Gasteiger partial charge >= 0.3 is 0 Å². The first kappa shape index (κ1) is 16.0. The Morgan fingerprint density at radius 2 is 1.40 bits per heavy atom. The van der Waals surface area contributed by atoms with Gasteiger partial charge in [-0.05, 0) is 0 Å². The second-order valence-corrected chi connectivity index (χ2v) is 0.802. The van der Waals surface area contributed by atoms with Gasteiger partial charge in [-0.1, -0.05) is 11.8 Å². The maximum atomic E-state index is 10.2. The summed E-state index contributed by atoms with van der Waals surface area (Å²) in [6.07, 6.45) is 0. The van der Waals surface area contributed by atoms with Gasteiger partial charge in [0.25, 0.3) is 0 Å². The van der Waals surface area contributed by atoms with Gasteiger partial charge in [0.05, 0.1) is 7.67 Å². The van der Waals surface area contributed by atoms with Crippen LogP contribution in [0.25, 0.3) is 0 Å². The van der Waals surface area contributed by atoms with Crippen LogP contribution in [0.2, 0.25) is 0 Å². The third-order valence-electron chi connectivity index (χ3n) is 0. The van der Waals surface area contributed by atoms with Gasteiger partial charge in [-0.25, -0.2) is 4.20 Å². The molecule has 0 saturated heterocycles. The summed E-state index contributed by atoms with van der Waals surface area (Å²) in [7, 11) is -1.17. The molecule has 1 atom stereocenters. The van der Waals surface area contributed by atoms with Crippen molar-refractivity contribution in [1.82, 2.24) is 0 Å². The first-order valence-corrected chi connectivity index (χ1v) is 2.78. The summed E-state index contributed by atoms with van der Waals surface area (Å²) in [5.41, 5.74) is 0. The van der Waals surface area contributed by atoms with Crippen LogP contribution in [0.15, 0.2) is 0 Å². The van der Waals surface area contributed by atoms with Gasteiger partial charge in [-0.3, -0.25) is 0 Å². The van der Waals surface area contributed by atoms with Crippen LogP contribution in [0.3, 0.4) is 0 Å². The second-order valence-electron chi connectivity index (χ2n) is 0.0891. The van der Waals surface area contributed by atoms with E-state index in [9.17, 15) is 4.20 Å². The molecular weight excluding hydrogens is 242 g/mol. The van der Waals surface area contributed by atoms with E-state index in [2.05, 4.69) is 11.8 Å². The topological polar surface area (TPSA) is 0 Å². The molecule has 0 saturated carbocycles. The molecule has 0 aromatic carbocycles. The third kappa shape index (κ3) is 29.3. The molecule has 0 amide bonds. The summed E-state index contributed by atoms with van der Waals surface area (Å²) < 4.78 is 10.2. The molecule has 0 fully saturated rings. The molecule has 0 aromatic rings. The Labute approximate surface area is 57.6 Å². The monoisotopic (exact) mass is 244 g/mol. The van der Waals surface area contributed by atoms with Gasteiger partial charge in [0.1, 0.15) is 0 Å². The first-order valence-electron chi connectivity index (χ1n) is 0.454. The van der Waals surface area contributed by atoms with Crippen LogP contribution in [0.1, 0.15) is 0 Å². The summed E-state index contributed by atoms with van der Waals surface area (Å²) in [4.78, 5) is 0. The van der Waals surface area contributed by atoms with Crippen LogP contribution in [-0.4, -0.2) is 0 Å². The molecular formula is H4Br2FPS. The fourth-order valence-corrected chi connectivity index (χ4v) is 0. The van der Waals surface area contributed by atoms with Crippen molar-refractivity contribution in [2.75, 3.05) is 0 Å². The Balaban J connectivity index is -0.0000000200. The summed E-state index contributed by atoms with van der Waals surface area (Å²) in [5, 5.41) is 0. The maximum Gasteiger partial charge on any atom is 0.0917 e. The SMILES string of the molecule is Br.Br.F[PH2]=S. The van der Waals surface area contributed by atoms with Gasteiger partial charge in [-0.2, -0.15) is 0 Å². The van der Waals surface area contributed by atoms with Gasteiger partial charge < -0.3 is 0 Å². The van der Waals surface area contributed by atoms with Crippen molar-refractivity contribution in [2.45, 2.75) is 0 Å². The van der Waals surface area contributed by atoms with Gasteiger partial charge in [-0.15, -0.1) is 34.0 Å². The van der Waals surface area contributed by atoms with E-state index in [1.54, 1.807) is 0 Å². The lowest BCUT2D eigenvalue weighted by Crippen LogP contribution is -0.717. The van der Waals surface area contributed by atoms with Crippen LogP contribution in [-0.2, 0) is 11.8 Å². The zero-order valence-corrected chi connectivity index (χ0v) is 7.58. The summed E-state index contributed by atoms with van der Waals surface area (Å²) in [5.74, 6) is 0. The lowest BCUT2D eigenvalue weighted by molar-refractivity contribution is 0.939. The lowest BCUT2D eigenvalue weighted by atomic mass is 18.9.